The number of aromatic nitrogens is 3. The van der Waals surface area contributed by atoms with E-state index in [1.807, 2.05) is 17.0 Å². The summed E-state index contributed by atoms with van der Waals surface area (Å²) < 4.78 is 16.2. The van der Waals surface area contributed by atoms with Crippen LogP contribution >= 0.6 is 0 Å². The summed E-state index contributed by atoms with van der Waals surface area (Å²) in [5.74, 6) is 1.88. The number of carbonyl (C=O) groups excluding carboxylic acids is 1. The molecule has 0 saturated carbocycles. The fourth-order valence-electron chi connectivity index (χ4n) is 3.33. The van der Waals surface area contributed by atoms with Gasteiger partial charge in [-0.25, -0.2) is 0 Å². The molecule has 1 aromatic heterocycles. The van der Waals surface area contributed by atoms with E-state index in [1.54, 1.807) is 38.5 Å². The summed E-state index contributed by atoms with van der Waals surface area (Å²) in [5.41, 5.74) is 0.919. The largest absolute Gasteiger partial charge is 0.493 e. The number of hydrogen-bond donors (Lipinski definition) is 0. The quantitative estimate of drug-likeness (QED) is 0.748. The molecule has 3 rings (SSSR count). The van der Waals surface area contributed by atoms with Crippen molar-refractivity contribution in [3.05, 3.63) is 30.1 Å². The average Bonchev–Trinajstić information content (AvgIpc) is 3.36. The summed E-state index contributed by atoms with van der Waals surface area (Å²) in [4.78, 5) is 16.2. The molecule has 8 nitrogen and oxygen atoms in total. The highest BCUT2D eigenvalue weighted by Crippen LogP contribution is 2.40. The minimum absolute atomic E-state index is 0.122. The molecule has 0 bridgehead atoms. The van der Waals surface area contributed by atoms with Crippen molar-refractivity contribution in [2.24, 2.45) is 0 Å². The van der Waals surface area contributed by atoms with E-state index in [2.05, 4.69) is 10.2 Å². The first-order chi connectivity index (χ1) is 12.7. The van der Waals surface area contributed by atoms with E-state index in [4.69, 9.17) is 14.2 Å². The molecule has 1 fully saturated rings. The van der Waals surface area contributed by atoms with Crippen molar-refractivity contribution in [3.63, 3.8) is 0 Å². The van der Waals surface area contributed by atoms with Gasteiger partial charge in [-0.05, 0) is 24.5 Å². The predicted molar refractivity (Wildman–Crippen MR) is 94.7 cm³/mol. The van der Waals surface area contributed by atoms with Crippen LogP contribution < -0.4 is 14.2 Å². The van der Waals surface area contributed by atoms with Gasteiger partial charge >= 0.3 is 0 Å². The predicted octanol–water partition coefficient (Wildman–Crippen LogP) is 1.71. The van der Waals surface area contributed by atoms with E-state index in [1.165, 1.54) is 0 Å². The first kappa shape index (κ1) is 18.0. The van der Waals surface area contributed by atoms with Crippen molar-refractivity contribution in [2.75, 3.05) is 34.4 Å². The molecule has 1 amide bonds. The van der Waals surface area contributed by atoms with E-state index < -0.39 is 0 Å². The smallest absolute Gasteiger partial charge is 0.222 e. The highest BCUT2D eigenvalue weighted by molar-refractivity contribution is 5.77. The Morgan fingerprint density at radius 2 is 1.85 bits per heavy atom. The van der Waals surface area contributed by atoms with Crippen LogP contribution in [0.2, 0.25) is 0 Å². The van der Waals surface area contributed by atoms with Gasteiger partial charge in [0.25, 0.3) is 0 Å². The number of nitrogens with zero attached hydrogens (tertiary/aromatic N) is 4. The third-order valence-electron chi connectivity index (χ3n) is 4.67. The maximum absolute atomic E-state index is 12.6. The van der Waals surface area contributed by atoms with E-state index in [0.29, 0.717) is 36.6 Å². The number of ether oxygens (including phenoxy) is 3. The molecule has 1 unspecified atom stereocenters. The van der Waals surface area contributed by atoms with Gasteiger partial charge in [0.15, 0.2) is 11.5 Å². The molecular weight excluding hydrogens is 336 g/mol. The van der Waals surface area contributed by atoms with Gasteiger partial charge in [0.05, 0.1) is 39.8 Å². The molecule has 1 aliphatic heterocycles. The molecule has 0 radical (unpaired) electrons. The van der Waals surface area contributed by atoms with Gasteiger partial charge in [-0.3, -0.25) is 4.79 Å². The van der Waals surface area contributed by atoms with Crippen molar-refractivity contribution in [1.29, 1.82) is 0 Å². The molecule has 26 heavy (non-hydrogen) atoms. The normalized spacial score (nSPS) is 16.6. The molecule has 140 valence electrons. The van der Waals surface area contributed by atoms with E-state index in [-0.39, 0.29) is 11.9 Å². The lowest BCUT2D eigenvalue weighted by atomic mass is 10.1. The van der Waals surface area contributed by atoms with Crippen molar-refractivity contribution >= 4 is 5.91 Å². The second-order valence-electron chi connectivity index (χ2n) is 6.13. The van der Waals surface area contributed by atoms with Crippen LogP contribution in [0, 0.1) is 0 Å². The topological polar surface area (TPSA) is 78.7 Å². The molecule has 1 atom stereocenters. The molecule has 8 heteroatoms. The zero-order valence-electron chi connectivity index (χ0n) is 15.3. The summed E-state index contributed by atoms with van der Waals surface area (Å²) >= 11 is 0. The Bertz CT molecular complexity index is 748. The number of rotatable bonds is 7. The van der Waals surface area contributed by atoms with E-state index >= 15 is 0 Å². The Morgan fingerprint density at radius 3 is 2.50 bits per heavy atom. The van der Waals surface area contributed by atoms with Gasteiger partial charge in [0, 0.05) is 19.5 Å². The summed E-state index contributed by atoms with van der Waals surface area (Å²) in [5, 5.41) is 8.34. The number of amides is 1. The standard InChI is InChI=1S/C18H24N4O4/c1-24-15-6-4-13(17(25-2)18(15)26-3)5-7-16(23)21-11-8-14(12-21)22-19-9-10-20-22/h4,6,9-10,14H,5,7-8,11-12H2,1-3H3. The summed E-state index contributed by atoms with van der Waals surface area (Å²) in [6, 6.07) is 3.90. The maximum Gasteiger partial charge on any atom is 0.222 e. The Hall–Kier alpha value is -2.77. The van der Waals surface area contributed by atoms with Crippen LogP contribution in [0.3, 0.4) is 0 Å². The third-order valence-corrected chi connectivity index (χ3v) is 4.67. The fourth-order valence-corrected chi connectivity index (χ4v) is 3.33. The van der Waals surface area contributed by atoms with Crippen molar-refractivity contribution < 1.29 is 19.0 Å². The second kappa shape index (κ2) is 8.07. The molecular formula is C18H24N4O4. The van der Waals surface area contributed by atoms with Crippen molar-refractivity contribution in [1.82, 2.24) is 19.9 Å². The molecule has 0 aliphatic carbocycles. The molecule has 2 aromatic rings. The van der Waals surface area contributed by atoms with Gasteiger partial charge in [0.2, 0.25) is 11.7 Å². The second-order valence-corrected chi connectivity index (χ2v) is 6.13. The van der Waals surface area contributed by atoms with E-state index in [9.17, 15) is 4.79 Å². The highest BCUT2D eigenvalue weighted by Gasteiger charge is 2.28. The summed E-state index contributed by atoms with van der Waals surface area (Å²) in [6.07, 6.45) is 5.18. The minimum Gasteiger partial charge on any atom is -0.493 e. The first-order valence-electron chi connectivity index (χ1n) is 8.59. The Labute approximate surface area is 152 Å². The molecule has 2 heterocycles. The Kier molecular flexibility index (Phi) is 5.60. The Balaban J connectivity index is 1.63. The Morgan fingerprint density at radius 1 is 1.12 bits per heavy atom. The monoisotopic (exact) mass is 360 g/mol. The van der Waals surface area contributed by atoms with Crippen LogP contribution in [-0.4, -0.2) is 60.2 Å². The van der Waals surface area contributed by atoms with Gasteiger partial charge in [0.1, 0.15) is 0 Å². The summed E-state index contributed by atoms with van der Waals surface area (Å²) in [6.45, 7) is 1.38. The zero-order chi connectivity index (χ0) is 18.5. The van der Waals surface area contributed by atoms with Crippen LogP contribution in [0.25, 0.3) is 0 Å². The number of aryl methyl sites for hydroxylation is 1. The first-order valence-corrected chi connectivity index (χ1v) is 8.59. The van der Waals surface area contributed by atoms with Crippen LogP contribution in [0.4, 0.5) is 0 Å². The van der Waals surface area contributed by atoms with Crippen LogP contribution in [0.5, 0.6) is 17.2 Å². The number of likely N-dealkylation sites (tertiary alicyclic amines) is 1. The lowest BCUT2D eigenvalue weighted by molar-refractivity contribution is -0.130. The van der Waals surface area contributed by atoms with Gasteiger partial charge in [-0.15, -0.1) is 0 Å². The van der Waals surface area contributed by atoms with E-state index in [0.717, 1.165) is 18.5 Å². The number of hydrogen-bond acceptors (Lipinski definition) is 6. The van der Waals surface area contributed by atoms with Crippen LogP contribution in [-0.2, 0) is 11.2 Å². The third kappa shape index (κ3) is 3.58. The number of methoxy groups -OCH3 is 3. The van der Waals surface area contributed by atoms with Crippen molar-refractivity contribution in [2.45, 2.75) is 25.3 Å². The number of carbonyl (C=O) groups is 1. The minimum atomic E-state index is 0.122. The summed E-state index contributed by atoms with van der Waals surface area (Å²) in [7, 11) is 4.74. The van der Waals surface area contributed by atoms with Crippen molar-refractivity contribution in [3.8, 4) is 17.2 Å². The molecule has 0 spiro atoms. The van der Waals surface area contributed by atoms with Gasteiger partial charge in [-0.2, -0.15) is 15.0 Å². The van der Waals surface area contributed by atoms with Crippen LogP contribution in [0.1, 0.15) is 24.4 Å². The average molecular weight is 360 g/mol. The molecule has 1 aliphatic rings. The van der Waals surface area contributed by atoms with Gasteiger partial charge in [-0.1, -0.05) is 6.07 Å². The molecule has 1 saturated heterocycles. The maximum atomic E-state index is 12.6. The molecule has 0 N–H and O–H groups in total. The highest BCUT2D eigenvalue weighted by atomic mass is 16.5. The zero-order valence-corrected chi connectivity index (χ0v) is 15.3. The fraction of sp³-hybridized carbons (Fsp3) is 0.500. The van der Waals surface area contributed by atoms with Crippen LogP contribution in [0.15, 0.2) is 24.5 Å². The number of benzene rings is 1. The lowest BCUT2D eigenvalue weighted by Crippen LogP contribution is -2.29. The molecule has 1 aromatic carbocycles. The SMILES string of the molecule is COc1ccc(CCC(=O)N2CCC(n3nccn3)C2)c(OC)c1OC. The van der Waals surface area contributed by atoms with Gasteiger partial charge < -0.3 is 19.1 Å². The lowest BCUT2D eigenvalue weighted by Gasteiger charge is -2.18.